The van der Waals surface area contributed by atoms with Gasteiger partial charge in [-0.2, -0.15) is 13.2 Å². The Balaban J connectivity index is 2.30. The summed E-state index contributed by atoms with van der Waals surface area (Å²) in [5.41, 5.74) is -1.57. The van der Waals surface area contributed by atoms with Gasteiger partial charge in [0.1, 0.15) is 5.82 Å². The van der Waals surface area contributed by atoms with Crippen molar-refractivity contribution in [3.05, 3.63) is 59.2 Å². The molecule has 0 aliphatic carbocycles. The van der Waals surface area contributed by atoms with Crippen molar-refractivity contribution in [3.8, 4) is 5.75 Å². The zero-order valence-electron chi connectivity index (χ0n) is 13.3. The Morgan fingerprint density at radius 2 is 1.69 bits per heavy atom. The number of rotatable bonds is 4. The molecule has 0 aliphatic rings. The maximum atomic E-state index is 13.9. The van der Waals surface area contributed by atoms with Crippen molar-refractivity contribution in [1.82, 2.24) is 0 Å². The molecular formula is C17H12F5NO3. The second kappa shape index (κ2) is 7.51. The van der Waals surface area contributed by atoms with Crippen LogP contribution >= 0.6 is 0 Å². The predicted molar refractivity (Wildman–Crippen MR) is 81.7 cm³/mol. The Morgan fingerprint density at radius 1 is 1.08 bits per heavy atom. The molecule has 0 bridgehead atoms. The number of halogens is 5. The fourth-order valence-corrected chi connectivity index (χ4v) is 1.96. The molecule has 2 rings (SSSR count). The molecule has 0 spiro atoms. The molecule has 9 heteroatoms. The molecule has 0 saturated carbocycles. The first-order valence-corrected chi connectivity index (χ1v) is 7.30. The lowest BCUT2D eigenvalue weighted by Gasteiger charge is -2.12. The van der Waals surface area contributed by atoms with Crippen molar-refractivity contribution in [2.24, 2.45) is 0 Å². The predicted octanol–water partition coefficient (Wildman–Crippen LogP) is 4.55. The molecule has 0 unspecified atom stereocenters. The molecule has 0 saturated heterocycles. The molecule has 0 fully saturated rings. The number of nitrogens with one attached hydrogen (secondary N) is 1. The Kier molecular flexibility index (Phi) is 5.59. The van der Waals surface area contributed by atoms with Crippen LogP contribution in [0.5, 0.6) is 5.75 Å². The SMILES string of the molecule is CCC(=O)Oc1c(F)cc(F)cc1C(=O)Nc1ccc(C(F)(F)F)cc1. The summed E-state index contributed by atoms with van der Waals surface area (Å²) in [7, 11) is 0. The van der Waals surface area contributed by atoms with Crippen LogP contribution in [0.3, 0.4) is 0 Å². The molecule has 1 amide bonds. The van der Waals surface area contributed by atoms with E-state index in [9.17, 15) is 31.5 Å². The van der Waals surface area contributed by atoms with E-state index in [-0.39, 0.29) is 12.1 Å². The highest BCUT2D eigenvalue weighted by molar-refractivity contribution is 6.06. The summed E-state index contributed by atoms with van der Waals surface area (Å²) in [6.45, 7) is 1.44. The number of carbonyl (C=O) groups excluding carboxylic acids is 2. The van der Waals surface area contributed by atoms with Gasteiger partial charge in [0.05, 0.1) is 11.1 Å². The van der Waals surface area contributed by atoms with Crippen molar-refractivity contribution < 1.29 is 36.3 Å². The average molecular weight is 373 g/mol. The lowest BCUT2D eigenvalue weighted by Crippen LogP contribution is -2.17. The van der Waals surface area contributed by atoms with E-state index in [0.717, 1.165) is 24.3 Å². The average Bonchev–Trinajstić information content (AvgIpc) is 2.56. The van der Waals surface area contributed by atoms with E-state index in [0.29, 0.717) is 12.1 Å². The van der Waals surface area contributed by atoms with Crippen LogP contribution in [-0.2, 0) is 11.0 Å². The van der Waals surface area contributed by atoms with E-state index < -0.39 is 46.6 Å². The van der Waals surface area contributed by atoms with E-state index >= 15 is 0 Å². The zero-order chi connectivity index (χ0) is 19.5. The lowest BCUT2D eigenvalue weighted by molar-refractivity contribution is -0.137. The molecule has 2 aromatic carbocycles. The second-order valence-corrected chi connectivity index (χ2v) is 5.12. The summed E-state index contributed by atoms with van der Waals surface area (Å²) in [6.07, 6.45) is -4.66. The topological polar surface area (TPSA) is 55.4 Å². The van der Waals surface area contributed by atoms with Gasteiger partial charge in [-0.3, -0.25) is 9.59 Å². The van der Waals surface area contributed by atoms with Crippen LogP contribution in [0, 0.1) is 11.6 Å². The smallest absolute Gasteiger partial charge is 0.416 e. The zero-order valence-corrected chi connectivity index (χ0v) is 13.3. The van der Waals surface area contributed by atoms with Crippen LogP contribution in [0.25, 0.3) is 0 Å². The fraction of sp³-hybridized carbons (Fsp3) is 0.176. The number of ether oxygens (including phenoxy) is 1. The van der Waals surface area contributed by atoms with Crippen LogP contribution in [0.1, 0.15) is 29.3 Å². The van der Waals surface area contributed by atoms with Gasteiger partial charge < -0.3 is 10.1 Å². The number of esters is 1. The van der Waals surface area contributed by atoms with Crippen molar-refractivity contribution in [1.29, 1.82) is 0 Å². The molecule has 0 aliphatic heterocycles. The van der Waals surface area contributed by atoms with Gasteiger partial charge in [-0.25, -0.2) is 8.78 Å². The molecule has 0 atom stereocenters. The first-order chi connectivity index (χ1) is 12.1. The molecule has 0 heterocycles. The second-order valence-electron chi connectivity index (χ2n) is 5.12. The quantitative estimate of drug-likeness (QED) is 0.486. The highest BCUT2D eigenvalue weighted by Gasteiger charge is 2.30. The van der Waals surface area contributed by atoms with Gasteiger partial charge >= 0.3 is 12.1 Å². The van der Waals surface area contributed by atoms with Crippen molar-refractivity contribution >= 4 is 17.6 Å². The van der Waals surface area contributed by atoms with E-state index in [4.69, 9.17) is 4.74 Å². The van der Waals surface area contributed by atoms with Gasteiger partial charge in [-0.15, -0.1) is 0 Å². The summed E-state index contributed by atoms with van der Waals surface area (Å²) in [4.78, 5) is 23.6. The van der Waals surface area contributed by atoms with Gasteiger partial charge in [0, 0.05) is 18.2 Å². The Labute approximate surface area is 144 Å². The standard InChI is InChI=1S/C17H12F5NO3/c1-2-14(24)26-15-12(7-10(18)8-13(15)19)16(25)23-11-5-3-9(4-6-11)17(20,21)22/h3-8H,2H2,1H3,(H,23,25). The largest absolute Gasteiger partial charge is 0.423 e. The first kappa shape index (κ1) is 19.4. The first-order valence-electron chi connectivity index (χ1n) is 7.30. The Hall–Kier alpha value is -2.97. The lowest BCUT2D eigenvalue weighted by atomic mass is 10.1. The van der Waals surface area contributed by atoms with Crippen molar-refractivity contribution in [2.75, 3.05) is 5.32 Å². The Morgan fingerprint density at radius 3 is 2.23 bits per heavy atom. The maximum Gasteiger partial charge on any atom is 0.416 e. The van der Waals surface area contributed by atoms with Crippen LogP contribution in [-0.4, -0.2) is 11.9 Å². The normalized spacial score (nSPS) is 11.2. The number of anilines is 1. The molecule has 0 radical (unpaired) electrons. The van der Waals surface area contributed by atoms with Crippen molar-refractivity contribution in [2.45, 2.75) is 19.5 Å². The van der Waals surface area contributed by atoms with E-state index in [1.54, 1.807) is 0 Å². The number of alkyl halides is 3. The van der Waals surface area contributed by atoms with Crippen LogP contribution in [0.4, 0.5) is 27.6 Å². The van der Waals surface area contributed by atoms with Gasteiger partial charge in [0.25, 0.3) is 5.91 Å². The summed E-state index contributed by atoms with van der Waals surface area (Å²) in [5, 5.41) is 2.19. The summed E-state index contributed by atoms with van der Waals surface area (Å²) in [6, 6.07) is 4.52. The number of carbonyl (C=O) groups is 2. The molecule has 4 nitrogen and oxygen atoms in total. The van der Waals surface area contributed by atoms with Gasteiger partial charge in [0.2, 0.25) is 0 Å². The minimum atomic E-state index is -4.55. The van der Waals surface area contributed by atoms with Gasteiger partial charge in [-0.05, 0) is 30.3 Å². The third-order valence-corrected chi connectivity index (χ3v) is 3.23. The Bertz CT molecular complexity index is 832. The molecule has 1 N–H and O–H groups in total. The highest BCUT2D eigenvalue weighted by atomic mass is 19.4. The molecule has 138 valence electrons. The monoisotopic (exact) mass is 373 g/mol. The maximum absolute atomic E-state index is 13.9. The van der Waals surface area contributed by atoms with Crippen LogP contribution in [0.15, 0.2) is 36.4 Å². The molecule has 26 heavy (non-hydrogen) atoms. The minimum absolute atomic E-state index is 0.0413. The summed E-state index contributed by atoms with van der Waals surface area (Å²) < 4.78 is 69.6. The summed E-state index contributed by atoms with van der Waals surface area (Å²) >= 11 is 0. The molecule has 0 aromatic heterocycles. The number of benzene rings is 2. The van der Waals surface area contributed by atoms with E-state index in [2.05, 4.69) is 5.32 Å². The van der Waals surface area contributed by atoms with E-state index in [1.165, 1.54) is 6.92 Å². The van der Waals surface area contributed by atoms with Crippen molar-refractivity contribution in [3.63, 3.8) is 0 Å². The van der Waals surface area contributed by atoms with E-state index in [1.807, 2.05) is 0 Å². The molecular weight excluding hydrogens is 361 g/mol. The third-order valence-electron chi connectivity index (χ3n) is 3.23. The number of hydrogen-bond donors (Lipinski definition) is 1. The van der Waals surface area contributed by atoms with Gasteiger partial charge in [-0.1, -0.05) is 6.92 Å². The van der Waals surface area contributed by atoms with Gasteiger partial charge in [0.15, 0.2) is 11.6 Å². The van der Waals surface area contributed by atoms with Crippen LogP contribution in [0.2, 0.25) is 0 Å². The minimum Gasteiger partial charge on any atom is -0.423 e. The third kappa shape index (κ3) is 4.56. The fourth-order valence-electron chi connectivity index (χ4n) is 1.96. The van der Waals surface area contributed by atoms with Crippen LogP contribution < -0.4 is 10.1 Å². The number of hydrogen-bond acceptors (Lipinski definition) is 3. The highest BCUT2D eigenvalue weighted by Crippen LogP contribution is 2.30. The summed E-state index contributed by atoms with van der Waals surface area (Å²) in [5.74, 6) is -5.01. The molecule has 2 aromatic rings. The number of amides is 1.